The predicted octanol–water partition coefficient (Wildman–Crippen LogP) is 0.718. The molecule has 0 aliphatic heterocycles. The first kappa shape index (κ1) is 10.7. The lowest BCUT2D eigenvalue weighted by Crippen LogP contribution is -2.35. The molecule has 3 nitrogen and oxygen atoms in total. The quantitative estimate of drug-likeness (QED) is 0.656. The van der Waals surface area contributed by atoms with Gasteiger partial charge in [0.15, 0.2) is 0 Å². The van der Waals surface area contributed by atoms with Crippen molar-refractivity contribution in [2.24, 2.45) is 5.73 Å². The van der Waals surface area contributed by atoms with Crippen molar-refractivity contribution in [3.05, 3.63) is 22.4 Å². The summed E-state index contributed by atoms with van der Waals surface area (Å²) in [7, 11) is 0. The van der Waals surface area contributed by atoms with Gasteiger partial charge >= 0.3 is 0 Å². The minimum Gasteiger partial charge on any atom is -0.387 e. The molecule has 4 N–H and O–H groups in total. The molecule has 1 aromatic heterocycles. The van der Waals surface area contributed by atoms with Crippen LogP contribution in [0.4, 0.5) is 0 Å². The number of rotatable bonds is 5. The fraction of sp³-hybridized carbons (Fsp3) is 0.556. The van der Waals surface area contributed by atoms with E-state index < -0.39 is 6.10 Å². The molecule has 0 aromatic carbocycles. The number of aliphatic hydroxyl groups is 1. The molecule has 0 bridgehead atoms. The summed E-state index contributed by atoms with van der Waals surface area (Å²) in [6.07, 6.45) is -0.416. The van der Waals surface area contributed by atoms with E-state index in [9.17, 15) is 5.11 Å². The molecule has 13 heavy (non-hydrogen) atoms. The molecule has 0 amide bonds. The van der Waals surface area contributed by atoms with Crippen molar-refractivity contribution >= 4 is 11.3 Å². The van der Waals surface area contributed by atoms with Gasteiger partial charge in [-0.25, -0.2) is 0 Å². The minimum atomic E-state index is -0.416. The number of nitrogens with one attached hydrogen (secondary N) is 1. The van der Waals surface area contributed by atoms with E-state index in [1.54, 1.807) is 11.3 Å². The molecule has 0 fully saturated rings. The van der Waals surface area contributed by atoms with Crippen molar-refractivity contribution < 1.29 is 5.11 Å². The second-order valence-corrected chi connectivity index (χ2v) is 3.90. The molecule has 2 atom stereocenters. The molecule has 0 saturated heterocycles. The summed E-state index contributed by atoms with van der Waals surface area (Å²) in [5.74, 6) is 0. The predicted molar refractivity (Wildman–Crippen MR) is 55.8 cm³/mol. The van der Waals surface area contributed by atoms with Crippen LogP contribution in [-0.2, 0) is 0 Å². The topological polar surface area (TPSA) is 58.3 Å². The van der Waals surface area contributed by atoms with Crippen molar-refractivity contribution in [3.63, 3.8) is 0 Å². The molecule has 0 radical (unpaired) electrons. The summed E-state index contributed by atoms with van der Waals surface area (Å²) in [6, 6.07) is 2.19. The Hall–Kier alpha value is -0.420. The molecular weight excluding hydrogens is 184 g/mol. The maximum absolute atomic E-state index is 9.66. The Morgan fingerprint density at radius 3 is 3.00 bits per heavy atom. The van der Waals surface area contributed by atoms with Gasteiger partial charge in [-0.15, -0.1) is 0 Å². The smallest absolute Gasteiger partial charge is 0.0922 e. The van der Waals surface area contributed by atoms with Crippen molar-refractivity contribution in [1.29, 1.82) is 0 Å². The Morgan fingerprint density at radius 2 is 2.46 bits per heavy atom. The Morgan fingerprint density at radius 1 is 1.69 bits per heavy atom. The maximum Gasteiger partial charge on any atom is 0.0922 e. The summed E-state index contributed by atoms with van der Waals surface area (Å²) in [5, 5.41) is 16.7. The van der Waals surface area contributed by atoms with E-state index >= 15 is 0 Å². The number of thiophene rings is 1. The van der Waals surface area contributed by atoms with Crippen LogP contribution in [0.5, 0.6) is 0 Å². The van der Waals surface area contributed by atoms with Crippen LogP contribution in [0.15, 0.2) is 16.8 Å². The minimum absolute atomic E-state index is 0.258. The van der Waals surface area contributed by atoms with Gasteiger partial charge in [0.1, 0.15) is 0 Å². The molecule has 0 aliphatic rings. The standard InChI is InChI=1S/C9H16N2OS/c1-7(4-10)11-5-9(12)8-2-3-13-6-8/h2-3,6-7,9,11-12H,4-5,10H2,1H3. The lowest BCUT2D eigenvalue weighted by Gasteiger charge is -2.14. The van der Waals surface area contributed by atoms with Crippen LogP contribution in [0.2, 0.25) is 0 Å². The molecular formula is C9H16N2OS. The van der Waals surface area contributed by atoms with Crippen LogP contribution in [-0.4, -0.2) is 24.2 Å². The molecule has 1 heterocycles. The number of aliphatic hydroxyl groups excluding tert-OH is 1. The third kappa shape index (κ3) is 3.44. The highest BCUT2D eigenvalue weighted by atomic mass is 32.1. The zero-order valence-corrected chi connectivity index (χ0v) is 8.55. The van der Waals surface area contributed by atoms with Crippen LogP contribution in [0.25, 0.3) is 0 Å². The van der Waals surface area contributed by atoms with Crippen LogP contribution >= 0.6 is 11.3 Å². The molecule has 0 saturated carbocycles. The summed E-state index contributed by atoms with van der Waals surface area (Å²) < 4.78 is 0. The van der Waals surface area contributed by atoms with Gasteiger partial charge in [-0.05, 0) is 29.3 Å². The molecule has 0 spiro atoms. The third-order valence-electron chi connectivity index (χ3n) is 1.94. The van der Waals surface area contributed by atoms with Gasteiger partial charge in [-0.1, -0.05) is 0 Å². The summed E-state index contributed by atoms with van der Waals surface area (Å²) in [5.41, 5.74) is 6.41. The van der Waals surface area contributed by atoms with Crippen molar-refractivity contribution in [3.8, 4) is 0 Å². The van der Waals surface area contributed by atoms with E-state index in [2.05, 4.69) is 5.32 Å². The first-order valence-corrected chi connectivity index (χ1v) is 5.32. The van der Waals surface area contributed by atoms with Gasteiger partial charge in [0, 0.05) is 19.1 Å². The van der Waals surface area contributed by atoms with Gasteiger partial charge in [0.25, 0.3) is 0 Å². The van der Waals surface area contributed by atoms with Crippen LogP contribution in [0.3, 0.4) is 0 Å². The normalized spacial score (nSPS) is 15.6. The fourth-order valence-electron chi connectivity index (χ4n) is 0.979. The van der Waals surface area contributed by atoms with Crippen molar-refractivity contribution in [1.82, 2.24) is 5.32 Å². The molecule has 1 aromatic rings. The van der Waals surface area contributed by atoms with Crippen LogP contribution < -0.4 is 11.1 Å². The molecule has 1 rings (SSSR count). The largest absolute Gasteiger partial charge is 0.387 e. The molecule has 0 aliphatic carbocycles. The van der Waals surface area contributed by atoms with E-state index in [0.717, 1.165) is 5.56 Å². The monoisotopic (exact) mass is 200 g/mol. The number of nitrogens with two attached hydrogens (primary N) is 1. The lowest BCUT2D eigenvalue weighted by atomic mass is 10.2. The van der Waals surface area contributed by atoms with Gasteiger partial charge in [0.2, 0.25) is 0 Å². The summed E-state index contributed by atoms with van der Waals surface area (Å²) in [6.45, 7) is 3.16. The Bertz CT molecular complexity index is 226. The van der Waals surface area contributed by atoms with E-state index in [0.29, 0.717) is 13.1 Å². The maximum atomic E-state index is 9.66. The second kappa shape index (κ2) is 5.34. The highest BCUT2D eigenvalue weighted by Gasteiger charge is 2.08. The zero-order chi connectivity index (χ0) is 9.68. The first-order chi connectivity index (χ1) is 6.24. The molecule has 74 valence electrons. The summed E-state index contributed by atoms with van der Waals surface area (Å²) >= 11 is 1.60. The Kier molecular flexibility index (Phi) is 4.38. The van der Waals surface area contributed by atoms with Crippen LogP contribution in [0.1, 0.15) is 18.6 Å². The van der Waals surface area contributed by atoms with E-state index in [-0.39, 0.29) is 6.04 Å². The van der Waals surface area contributed by atoms with Gasteiger partial charge < -0.3 is 16.2 Å². The number of hydrogen-bond acceptors (Lipinski definition) is 4. The Labute approximate surface area is 82.6 Å². The molecule has 4 heteroatoms. The summed E-state index contributed by atoms with van der Waals surface area (Å²) in [4.78, 5) is 0. The zero-order valence-electron chi connectivity index (χ0n) is 7.73. The highest BCUT2D eigenvalue weighted by Crippen LogP contribution is 2.14. The average molecular weight is 200 g/mol. The van der Waals surface area contributed by atoms with E-state index in [1.165, 1.54) is 0 Å². The van der Waals surface area contributed by atoms with Gasteiger partial charge in [0.05, 0.1) is 6.10 Å². The van der Waals surface area contributed by atoms with E-state index in [1.807, 2.05) is 23.8 Å². The lowest BCUT2D eigenvalue weighted by molar-refractivity contribution is 0.171. The second-order valence-electron chi connectivity index (χ2n) is 3.12. The van der Waals surface area contributed by atoms with E-state index in [4.69, 9.17) is 5.73 Å². The number of hydrogen-bond donors (Lipinski definition) is 3. The SMILES string of the molecule is CC(CN)NCC(O)c1ccsc1. The molecule has 2 unspecified atom stereocenters. The van der Waals surface area contributed by atoms with Gasteiger partial charge in [-0.3, -0.25) is 0 Å². The first-order valence-electron chi connectivity index (χ1n) is 4.37. The highest BCUT2D eigenvalue weighted by molar-refractivity contribution is 7.07. The Balaban J connectivity index is 2.30. The van der Waals surface area contributed by atoms with Crippen LogP contribution in [0, 0.1) is 0 Å². The average Bonchev–Trinajstić information content (AvgIpc) is 2.66. The van der Waals surface area contributed by atoms with Crippen molar-refractivity contribution in [2.75, 3.05) is 13.1 Å². The van der Waals surface area contributed by atoms with Crippen molar-refractivity contribution in [2.45, 2.75) is 19.1 Å². The van der Waals surface area contributed by atoms with Gasteiger partial charge in [-0.2, -0.15) is 11.3 Å². The fourth-order valence-corrected chi connectivity index (χ4v) is 1.69. The third-order valence-corrected chi connectivity index (χ3v) is 2.64.